The highest BCUT2D eigenvalue weighted by Gasteiger charge is 2.37. The third-order valence-corrected chi connectivity index (χ3v) is 0.726. The third-order valence-electron chi connectivity index (χ3n) is 0.726. The third kappa shape index (κ3) is 4.86. The standard InChI is InChI=1S/C5H4F6O/c1-3(5(9,10)11)12-2-4(6,7)8/h1-2H2. The summed E-state index contributed by atoms with van der Waals surface area (Å²) in [6.45, 7) is 0.301. The van der Waals surface area contributed by atoms with Gasteiger partial charge in [-0.05, 0) is 0 Å². The average Bonchev–Trinajstić information content (AvgIpc) is 1.78. The van der Waals surface area contributed by atoms with Crippen molar-refractivity contribution in [2.45, 2.75) is 12.4 Å². The first kappa shape index (κ1) is 11.1. The van der Waals surface area contributed by atoms with Crippen LogP contribution in [0.2, 0.25) is 0 Å². The van der Waals surface area contributed by atoms with E-state index in [4.69, 9.17) is 0 Å². The zero-order valence-electron chi connectivity index (χ0n) is 5.59. The summed E-state index contributed by atoms with van der Waals surface area (Å²) >= 11 is 0. The number of halogens is 6. The predicted molar refractivity (Wildman–Crippen MR) is 27.2 cm³/mol. The summed E-state index contributed by atoms with van der Waals surface area (Å²) in [5.41, 5.74) is 0. The van der Waals surface area contributed by atoms with Gasteiger partial charge in [-0.2, -0.15) is 26.3 Å². The minimum Gasteiger partial charge on any atom is -0.480 e. The van der Waals surface area contributed by atoms with E-state index in [-0.39, 0.29) is 0 Å². The van der Waals surface area contributed by atoms with Crippen molar-refractivity contribution in [1.82, 2.24) is 0 Å². The molecule has 0 aromatic carbocycles. The summed E-state index contributed by atoms with van der Waals surface area (Å²) < 4.78 is 71.4. The quantitative estimate of drug-likeness (QED) is 0.485. The molecule has 0 atom stereocenters. The van der Waals surface area contributed by atoms with Crippen molar-refractivity contribution in [3.8, 4) is 0 Å². The lowest BCUT2D eigenvalue weighted by molar-refractivity contribution is -0.189. The van der Waals surface area contributed by atoms with Crippen molar-refractivity contribution in [3.05, 3.63) is 12.3 Å². The van der Waals surface area contributed by atoms with Crippen LogP contribution in [0.3, 0.4) is 0 Å². The van der Waals surface area contributed by atoms with E-state index in [1.165, 1.54) is 0 Å². The Hall–Kier alpha value is -0.880. The summed E-state index contributed by atoms with van der Waals surface area (Å²) in [4.78, 5) is 0. The van der Waals surface area contributed by atoms with Crippen molar-refractivity contribution >= 4 is 0 Å². The summed E-state index contributed by atoms with van der Waals surface area (Å²) in [5, 5.41) is 0. The molecule has 0 rings (SSSR count). The number of allylic oxidation sites excluding steroid dienone is 1. The Bertz CT molecular complexity index is 166. The van der Waals surface area contributed by atoms with Gasteiger partial charge in [-0.25, -0.2) is 0 Å². The lowest BCUT2D eigenvalue weighted by atomic mass is 10.5. The fourth-order valence-corrected chi connectivity index (χ4v) is 0.251. The Morgan fingerprint density at radius 3 is 1.75 bits per heavy atom. The van der Waals surface area contributed by atoms with Gasteiger partial charge in [-0.1, -0.05) is 6.58 Å². The van der Waals surface area contributed by atoms with Gasteiger partial charge in [0.25, 0.3) is 0 Å². The zero-order valence-corrected chi connectivity index (χ0v) is 5.59. The van der Waals surface area contributed by atoms with Gasteiger partial charge in [0.05, 0.1) is 0 Å². The van der Waals surface area contributed by atoms with E-state index in [9.17, 15) is 26.3 Å². The number of rotatable bonds is 2. The highest BCUT2D eigenvalue weighted by atomic mass is 19.4. The molecule has 0 aliphatic heterocycles. The number of hydrogen-bond donors (Lipinski definition) is 0. The molecule has 1 nitrogen and oxygen atoms in total. The van der Waals surface area contributed by atoms with E-state index >= 15 is 0 Å². The molecule has 0 aliphatic rings. The van der Waals surface area contributed by atoms with E-state index in [0.717, 1.165) is 0 Å². The zero-order chi connectivity index (χ0) is 9.99. The van der Waals surface area contributed by atoms with Gasteiger partial charge in [0.15, 0.2) is 12.4 Å². The Labute approximate surface area is 63.6 Å². The SMILES string of the molecule is C=C(OCC(F)(F)F)C(F)(F)F. The predicted octanol–water partition coefficient (Wildman–Crippen LogP) is 2.64. The molecule has 12 heavy (non-hydrogen) atoms. The van der Waals surface area contributed by atoms with Gasteiger partial charge >= 0.3 is 12.4 Å². The first-order valence-corrected chi connectivity index (χ1v) is 2.58. The smallest absolute Gasteiger partial charge is 0.448 e. The second-order valence-corrected chi connectivity index (χ2v) is 1.82. The van der Waals surface area contributed by atoms with Crippen LogP contribution in [0.5, 0.6) is 0 Å². The van der Waals surface area contributed by atoms with Crippen molar-refractivity contribution < 1.29 is 31.1 Å². The largest absolute Gasteiger partial charge is 0.480 e. The first-order chi connectivity index (χ1) is 5.13. The molecule has 0 radical (unpaired) electrons. The Morgan fingerprint density at radius 1 is 1.08 bits per heavy atom. The summed E-state index contributed by atoms with van der Waals surface area (Å²) in [7, 11) is 0. The maximum atomic E-state index is 11.4. The van der Waals surface area contributed by atoms with E-state index in [0.29, 0.717) is 0 Å². The van der Waals surface area contributed by atoms with Crippen LogP contribution in [-0.2, 0) is 4.74 Å². The number of hydrogen-bond acceptors (Lipinski definition) is 1. The van der Waals surface area contributed by atoms with Crippen LogP contribution in [0, 0.1) is 0 Å². The van der Waals surface area contributed by atoms with Crippen LogP contribution >= 0.6 is 0 Å². The molecule has 0 spiro atoms. The summed E-state index contributed by atoms with van der Waals surface area (Å²) in [6, 6.07) is 0. The molecule has 7 heteroatoms. The Morgan fingerprint density at radius 2 is 1.50 bits per heavy atom. The lowest BCUT2D eigenvalue weighted by Crippen LogP contribution is -2.21. The molecular weight excluding hydrogens is 190 g/mol. The molecule has 0 amide bonds. The molecule has 72 valence electrons. The van der Waals surface area contributed by atoms with Gasteiger partial charge < -0.3 is 4.74 Å². The molecule has 0 heterocycles. The van der Waals surface area contributed by atoms with Crippen LogP contribution < -0.4 is 0 Å². The van der Waals surface area contributed by atoms with E-state index in [1.54, 1.807) is 0 Å². The van der Waals surface area contributed by atoms with Gasteiger partial charge in [0.2, 0.25) is 0 Å². The molecule has 0 N–H and O–H groups in total. The van der Waals surface area contributed by atoms with Gasteiger partial charge in [0, 0.05) is 0 Å². The molecule has 0 aromatic rings. The highest BCUT2D eigenvalue weighted by Crippen LogP contribution is 2.26. The topological polar surface area (TPSA) is 9.23 Å². The van der Waals surface area contributed by atoms with Crippen LogP contribution in [0.15, 0.2) is 12.3 Å². The Balaban J connectivity index is 3.90. The molecule has 0 aromatic heterocycles. The van der Waals surface area contributed by atoms with Crippen molar-refractivity contribution in [2.24, 2.45) is 0 Å². The van der Waals surface area contributed by atoms with Crippen molar-refractivity contribution in [1.29, 1.82) is 0 Å². The average molecular weight is 194 g/mol. The fourth-order valence-electron chi connectivity index (χ4n) is 0.251. The van der Waals surface area contributed by atoms with Crippen LogP contribution in [0.25, 0.3) is 0 Å². The first-order valence-electron chi connectivity index (χ1n) is 2.58. The van der Waals surface area contributed by atoms with E-state index < -0.39 is 24.7 Å². The maximum Gasteiger partial charge on any atom is 0.448 e. The van der Waals surface area contributed by atoms with E-state index in [1.807, 2.05) is 0 Å². The molecular formula is C5H4F6O. The van der Waals surface area contributed by atoms with Crippen LogP contribution in [0.1, 0.15) is 0 Å². The van der Waals surface area contributed by atoms with Gasteiger partial charge in [-0.15, -0.1) is 0 Å². The molecule has 0 fully saturated rings. The second kappa shape index (κ2) is 3.24. The molecule has 0 saturated carbocycles. The minimum absolute atomic E-state index is 1.85. The summed E-state index contributed by atoms with van der Waals surface area (Å²) in [6.07, 6.45) is -9.72. The lowest BCUT2D eigenvalue weighted by Gasteiger charge is -2.12. The fraction of sp³-hybridized carbons (Fsp3) is 0.600. The molecule has 0 unspecified atom stereocenters. The number of alkyl halides is 6. The highest BCUT2D eigenvalue weighted by molar-refractivity contribution is 4.91. The molecule has 0 bridgehead atoms. The maximum absolute atomic E-state index is 11.4. The molecule has 0 aliphatic carbocycles. The molecule has 0 saturated heterocycles. The van der Waals surface area contributed by atoms with Gasteiger partial charge in [-0.3, -0.25) is 0 Å². The van der Waals surface area contributed by atoms with Gasteiger partial charge in [0.1, 0.15) is 0 Å². The minimum atomic E-state index is -4.94. The monoisotopic (exact) mass is 194 g/mol. The van der Waals surface area contributed by atoms with Crippen molar-refractivity contribution in [3.63, 3.8) is 0 Å². The number of ether oxygens (including phenoxy) is 1. The Kier molecular flexibility index (Phi) is 3.00. The van der Waals surface area contributed by atoms with Crippen LogP contribution in [-0.4, -0.2) is 19.0 Å². The van der Waals surface area contributed by atoms with Crippen LogP contribution in [0.4, 0.5) is 26.3 Å². The summed E-state index contributed by atoms with van der Waals surface area (Å²) in [5.74, 6) is -1.85. The second-order valence-electron chi connectivity index (χ2n) is 1.82. The van der Waals surface area contributed by atoms with E-state index in [2.05, 4.69) is 11.3 Å². The normalized spacial score (nSPS) is 12.8. The van der Waals surface area contributed by atoms with Crippen molar-refractivity contribution in [2.75, 3.05) is 6.61 Å².